The molecule has 0 aromatic heterocycles. The second-order valence-electron chi connectivity index (χ2n) is 0.192. The zero-order chi connectivity index (χ0) is 5.41. The molecule has 7 heavy (non-hydrogen) atoms. The van der Waals surface area contributed by atoms with E-state index in [1.165, 1.54) is 0 Å². The molecule has 2 unspecified atom stereocenters. The van der Waals surface area contributed by atoms with Gasteiger partial charge in [0.05, 0.1) is 0 Å². The monoisotopic (exact) mass is 188 g/mol. The standard InChI is InChI=1S/Ni.2H3O2P/c;2*1-3-2/h;2*3H2,(H,1,2)/q+2;;/p-2. The van der Waals surface area contributed by atoms with Crippen LogP contribution in [0.5, 0.6) is 0 Å². The van der Waals surface area contributed by atoms with Crippen LogP contribution in [0.3, 0.4) is 0 Å². The molecule has 48 valence electrons. The Bertz CT molecular complexity index is 30.7. The molecule has 0 rings (SSSR count). The van der Waals surface area contributed by atoms with E-state index < -0.39 is 17.4 Å². The van der Waals surface area contributed by atoms with Crippen LogP contribution in [0.1, 0.15) is 0 Å². The Labute approximate surface area is 53.4 Å². The van der Waals surface area contributed by atoms with Crippen molar-refractivity contribution >= 4 is 17.4 Å². The number of hydrogen-bond donors (Lipinski definition) is 0. The first-order valence-electron chi connectivity index (χ1n) is 0.943. The Hall–Kier alpha value is 0.874. The van der Waals surface area contributed by atoms with E-state index in [9.17, 15) is 0 Å². The molecule has 0 spiro atoms. The van der Waals surface area contributed by atoms with Gasteiger partial charge in [-0.15, -0.1) is 0 Å². The van der Waals surface area contributed by atoms with E-state index in [0.29, 0.717) is 0 Å². The van der Waals surface area contributed by atoms with Gasteiger partial charge in [0.1, 0.15) is 0 Å². The average Bonchev–Trinajstić information content (AvgIpc) is 1.39. The van der Waals surface area contributed by atoms with Crippen molar-refractivity contribution in [3.63, 3.8) is 0 Å². The third-order valence-electron chi connectivity index (χ3n) is 0. The fourth-order valence-corrected chi connectivity index (χ4v) is 0. The van der Waals surface area contributed by atoms with Gasteiger partial charge >= 0.3 is 16.5 Å². The molecule has 0 fully saturated rings. The van der Waals surface area contributed by atoms with Crippen LogP contribution < -0.4 is 9.79 Å². The van der Waals surface area contributed by atoms with E-state index >= 15 is 0 Å². The predicted molar refractivity (Wildman–Crippen MR) is 20.8 cm³/mol. The first-order chi connectivity index (χ1) is 2.83. The SMILES string of the molecule is O=[PH2][O-].O=[PH2][O-].[Ni+2]. The van der Waals surface area contributed by atoms with Crippen molar-refractivity contribution in [3.05, 3.63) is 0 Å². The third-order valence-corrected chi connectivity index (χ3v) is 0. The summed E-state index contributed by atoms with van der Waals surface area (Å²) in [5.74, 6) is 0. The summed E-state index contributed by atoms with van der Waals surface area (Å²) in [6, 6.07) is 0. The second-order valence-corrected chi connectivity index (χ2v) is 0.577. The Morgan fingerprint density at radius 3 is 1.00 bits per heavy atom. The molecule has 0 amide bonds. The van der Waals surface area contributed by atoms with Gasteiger partial charge in [0.2, 0.25) is 0 Å². The molecule has 0 saturated heterocycles. The van der Waals surface area contributed by atoms with Gasteiger partial charge in [-0.3, -0.25) is 0 Å². The summed E-state index contributed by atoms with van der Waals surface area (Å²) in [6.45, 7) is 0. The van der Waals surface area contributed by atoms with E-state index in [4.69, 9.17) is 18.9 Å². The smallest absolute Gasteiger partial charge is 0.804 e. The van der Waals surface area contributed by atoms with Crippen molar-refractivity contribution in [2.75, 3.05) is 0 Å². The van der Waals surface area contributed by atoms with Gasteiger partial charge in [-0.2, -0.15) is 0 Å². The fourth-order valence-electron chi connectivity index (χ4n) is 0. The van der Waals surface area contributed by atoms with E-state index in [1.807, 2.05) is 0 Å². The van der Waals surface area contributed by atoms with Gasteiger partial charge in [-0.05, 0) is 17.4 Å². The molecule has 0 bridgehead atoms. The minimum Gasteiger partial charge on any atom is -0.804 e. The van der Waals surface area contributed by atoms with Crippen LogP contribution >= 0.6 is 17.4 Å². The Morgan fingerprint density at radius 2 is 1.00 bits per heavy atom. The van der Waals surface area contributed by atoms with Crippen LogP contribution in [-0.4, -0.2) is 0 Å². The predicted octanol–water partition coefficient (Wildman–Crippen LogP) is -1.97. The topological polar surface area (TPSA) is 80.3 Å². The van der Waals surface area contributed by atoms with Crippen molar-refractivity contribution in [1.29, 1.82) is 0 Å². The summed E-state index contributed by atoms with van der Waals surface area (Å²) in [4.78, 5) is 16.9. The zero-order valence-electron chi connectivity index (χ0n) is 3.10. The van der Waals surface area contributed by atoms with Crippen LogP contribution in [0.4, 0.5) is 0 Å². The van der Waals surface area contributed by atoms with Gasteiger partial charge in [0.25, 0.3) is 0 Å². The molecule has 0 aromatic rings. The van der Waals surface area contributed by atoms with Gasteiger partial charge in [-0.1, -0.05) is 0 Å². The molecule has 0 aliphatic rings. The quantitative estimate of drug-likeness (QED) is 0.327. The van der Waals surface area contributed by atoms with Gasteiger partial charge in [-0.25, -0.2) is 0 Å². The van der Waals surface area contributed by atoms with E-state index in [-0.39, 0.29) is 16.5 Å². The fraction of sp³-hybridized carbons (Fsp3) is 0. The van der Waals surface area contributed by atoms with Crippen LogP contribution in [0.15, 0.2) is 0 Å². The van der Waals surface area contributed by atoms with E-state index in [2.05, 4.69) is 0 Å². The van der Waals surface area contributed by atoms with Gasteiger partial charge < -0.3 is 18.9 Å². The first-order valence-corrected chi connectivity index (χ1v) is 2.83. The van der Waals surface area contributed by atoms with Crippen molar-refractivity contribution in [2.45, 2.75) is 0 Å². The molecule has 4 nitrogen and oxygen atoms in total. The van der Waals surface area contributed by atoms with Crippen molar-refractivity contribution in [2.24, 2.45) is 0 Å². The summed E-state index contributed by atoms with van der Waals surface area (Å²) in [7, 11) is -3.50. The van der Waals surface area contributed by atoms with E-state index in [0.717, 1.165) is 0 Å². The number of rotatable bonds is 0. The van der Waals surface area contributed by atoms with Gasteiger partial charge in [0.15, 0.2) is 0 Å². The summed E-state index contributed by atoms with van der Waals surface area (Å²) in [5.41, 5.74) is 0. The van der Waals surface area contributed by atoms with Gasteiger partial charge in [0, 0.05) is 0 Å². The number of hydrogen-bond acceptors (Lipinski definition) is 4. The van der Waals surface area contributed by atoms with Crippen LogP contribution in [0.2, 0.25) is 0 Å². The Balaban J connectivity index is -0.0000000400. The van der Waals surface area contributed by atoms with E-state index in [1.54, 1.807) is 0 Å². The van der Waals surface area contributed by atoms with Crippen LogP contribution in [0.25, 0.3) is 0 Å². The third kappa shape index (κ3) is 214. The van der Waals surface area contributed by atoms with Crippen molar-refractivity contribution in [1.82, 2.24) is 0 Å². The molecule has 0 radical (unpaired) electrons. The average molecular weight is 189 g/mol. The molecule has 0 aromatic carbocycles. The molecule has 2 atom stereocenters. The molecule has 0 saturated carbocycles. The Morgan fingerprint density at radius 1 is 1.00 bits per heavy atom. The maximum Gasteiger partial charge on any atom is 2.00 e. The van der Waals surface area contributed by atoms with Crippen LogP contribution in [-0.2, 0) is 25.6 Å². The summed E-state index contributed by atoms with van der Waals surface area (Å²) >= 11 is 0. The summed E-state index contributed by atoms with van der Waals surface area (Å²) in [6.07, 6.45) is 0. The van der Waals surface area contributed by atoms with Crippen molar-refractivity contribution < 1.29 is 35.4 Å². The Kier molecular flexibility index (Phi) is 64.3. The normalized spacial score (nSPS) is 8.29. The van der Waals surface area contributed by atoms with Crippen molar-refractivity contribution in [3.8, 4) is 0 Å². The zero-order valence-corrected chi connectivity index (χ0v) is 6.40. The maximum atomic E-state index is 8.46. The molecule has 0 aliphatic heterocycles. The molecule has 7 heteroatoms. The minimum atomic E-state index is -1.75. The first kappa shape index (κ1) is 15.7. The molecular weight excluding hydrogens is 185 g/mol. The summed E-state index contributed by atoms with van der Waals surface area (Å²) < 4.78 is 16.9. The second kappa shape index (κ2) is 28.7. The molecular formula is H4NiO4P2. The molecule has 0 N–H and O–H groups in total. The molecule has 0 heterocycles. The molecule has 0 aliphatic carbocycles. The summed E-state index contributed by atoms with van der Waals surface area (Å²) in [5, 5.41) is 0. The largest absolute Gasteiger partial charge is 2.00 e. The maximum absolute atomic E-state index is 8.46. The minimum absolute atomic E-state index is 0. The van der Waals surface area contributed by atoms with Crippen LogP contribution in [0, 0.1) is 0 Å².